The second-order valence-corrected chi connectivity index (χ2v) is 6.92. The Morgan fingerprint density at radius 2 is 2.10 bits per heavy atom. The summed E-state index contributed by atoms with van der Waals surface area (Å²) >= 11 is 9.58. The summed E-state index contributed by atoms with van der Waals surface area (Å²) in [6.07, 6.45) is 5.23. The predicted molar refractivity (Wildman–Crippen MR) is 90.0 cm³/mol. The van der Waals surface area contributed by atoms with Crippen molar-refractivity contribution in [1.82, 2.24) is 4.90 Å². The van der Waals surface area contributed by atoms with Crippen molar-refractivity contribution in [3.8, 4) is 0 Å². The number of halogens is 2. The molecule has 20 heavy (non-hydrogen) atoms. The Bertz CT molecular complexity index is 438. The van der Waals surface area contributed by atoms with Gasteiger partial charge in [-0.15, -0.1) is 0 Å². The number of nitrogens with two attached hydrogens (primary N) is 1. The van der Waals surface area contributed by atoms with Gasteiger partial charge in [0.1, 0.15) is 0 Å². The van der Waals surface area contributed by atoms with Gasteiger partial charge in [-0.05, 0) is 65.5 Å². The largest absolute Gasteiger partial charge is 0.330 e. The van der Waals surface area contributed by atoms with Gasteiger partial charge in [-0.3, -0.25) is 4.90 Å². The van der Waals surface area contributed by atoms with Gasteiger partial charge in [0.2, 0.25) is 0 Å². The van der Waals surface area contributed by atoms with E-state index in [2.05, 4.69) is 39.9 Å². The van der Waals surface area contributed by atoms with Gasteiger partial charge in [-0.25, -0.2) is 0 Å². The minimum atomic E-state index is 0.633. The minimum absolute atomic E-state index is 0.633. The van der Waals surface area contributed by atoms with Crippen LogP contribution in [0.4, 0.5) is 0 Å². The first-order chi connectivity index (χ1) is 9.65. The van der Waals surface area contributed by atoms with Gasteiger partial charge in [0.15, 0.2) is 0 Å². The minimum Gasteiger partial charge on any atom is -0.330 e. The van der Waals surface area contributed by atoms with Crippen molar-refractivity contribution in [3.63, 3.8) is 0 Å². The highest BCUT2D eigenvalue weighted by molar-refractivity contribution is 9.10. The summed E-state index contributed by atoms with van der Waals surface area (Å²) < 4.78 is 0.978. The van der Waals surface area contributed by atoms with Crippen molar-refractivity contribution in [2.75, 3.05) is 13.1 Å². The quantitative estimate of drug-likeness (QED) is 0.842. The molecular formula is C16H24BrClN2. The zero-order valence-corrected chi connectivity index (χ0v) is 14.5. The number of hydrogen-bond donors (Lipinski definition) is 1. The van der Waals surface area contributed by atoms with E-state index in [1.54, 1.807) is 0 Å². The molecule has 1 fully saturated rings. The van der Waals surface area contributed by atoms with Crippen molar-refractivity contribution >= 4 is 27.5 Å². The fourth-order valence-corrected chi connectivity index (χ4v) is 3.82. The van der Waals surface area contributed by atoms with Gasteiger partial charge in [0.25, 0.3) is 0 Å². The highest BCUT2D eigenvalue weighted by atomic mass is 79.9. The Morgan fingerprint density at radius 3 is 2.75 bits per heavy atom. The molecule has 1 aromatic rings. The molecule has 2 rings (SSSR count). The van der Waals surface area contributed by atoms with Gasteiger partial charge in [-0.1, -0.05) is 37.4 Å². The highest BCUT2D eigenvalue weighted by Gasteiger charge is 2.28. The van der Waals surface area contributed by atoms with E-state index in [-0.39, 0.29) is 0 Å². The number of hydrogen-bond acceptors (Lipinski definition) is 2. The molecule has 4 heteroatoms. The first-order valence-electron chi connectivity index (χ1n) is 7.53. The molecule has 0 heterocycles. The topological polar surface area (TPSA) is 29.3 Å². The second-order valence-electron chi connectivity index (χ2n) is 5.66. The Kier molecular flexibility index (Phi) is 6.34. The van der Waals surface area contributed by atoms with E-state index in [1.165, 1.54) is 31.2 Å². The number of nitrogens with zero attached hydrogens (tertiary/aromatic N) is 1. The predicted octanol–water partition coefficient (Wildman–Crippen LogP) is 4.44. The number of rotatable bonds is 5. The van der Waals surface area contributed by atoms with E-state index in [4.69, 9.17) is 17.3 Å². The zero-order valence-electron chi connectivity index (χ0n) is 12.1. The lowest BCUT2D eigenvalue weighted by Gasteiger charge is -2.39. The van der Waals surface area contributed by atoms with Crippen molar-refractivity contribution in [1.29, 1.82) is 0 Å². The van der Waals surface area contributed by atoms with Crippen LogP contribution in [0.15, 0.2) is 22.7 Å². The van der Waals surface area contributed by atoms with Crippen LogP contribution in [-0.4, -0.2) is 24.0 Å². The standard InChI is InChI=1S/C16H24BrClN2/c1-2-20(16-6-4-3-5-13(16)10-19)11-12-7-8-15(18)14(17)9-12/h7-9,13,16H,2-6,10-11,19H2,1H3. The van der Waals surface area contributed by atoms with Crippen LogP contribution < -0.4 is 5.73 Å². The van der Waals surface area contributed by atoms with Crippen LogP contribution in [0.2, 0.25) is 5.02 Å². The SMILES string of the molecule is CCN(Cc1ccc(Cl)c(Br)c1)C1CCCCC1CN. The summed E-state index contributed by atoms with van der Waals surface area (Å²) in [4.78, 5) is 2.58. The molecule has 1 aliphatic carbocycles. The van der Waals surface area contributed by atoms with Crippen LogP contribution in [0, 0.1) is 5.92 Å². The first-order valence-corrected chi connectivity index (χ1v) is 8.70. The Morgan fingerprint density at radius 1 is 1.35 bits per heavy atom. The Labute approximate surface area is 135 Å². The van der Waals surface area contributed by atoms with Crippen LogP contribution in [0.25, 0.3) is 0 Å². The van der Waals surface area contributed by atoms with Crippen molar-refractivity contribution in [2.24, 2.45) is 11.7 Å². The molecule has 112 valence electrons. The van der Waals surface area contributed by atoms with Gasteiger partial charge in [0, 0.05) is 17.1 Å². The first kappa shape index (κ1) is 16.3. The molecule has 0 aliphatic heterocycles. The molecule has 0 spiro atoms. The summed E-state index contributed by atoms with van der Waals surface area (Å²) in [5.41, 5.74) is 7.28. The van der Waals surface area contributed by atoms with Crippen molar-refractivity contribution in [2.45, 2.75) is 45.2 Å². The van der Waals surface area contributed by atoms with Gasteiger partial charge in [-0.2, -0.15) is 0 Å². The van der Waals surface area contributed by atoms with Gasteiger partial charge < -0.3 is 5.73 Å². The number of benzene rings is 1. The molecule has 1 aliphatic rings. The molecule has 2 unspecified atom stereocenters. The van der Waals surface area contributed by atoms with Gasteiger partial charge in [0.05, 0.1) is 5.02 Å². The summed E-state index contributed by atoms with van der Waals surface area (Å²) in [5.74, 6) is 0.652. The fraction of sp³-hybridized carbons (Fsp3) is 0.625. The summed E-state index contributed by atoms with van der Waals surface area (Å²) in [7, 11) is 0. The molecular weight excluding hydrogens is 336 g/mol. The average Bonchev–Trinajstić information content (AvgIpc) is 2.48. The van der Waals surface area contributed by atoms with E-state index in [1.807, 2.05) is 6.07 Å². The zero-order chi connectivity index (χ0) is 14.5. The van der Waals surface area contributed by atoms with E-state index in [0.717, 1.165) is 29.1 Å². The fourth-order valence-electron chi connectivity index (χ4n) is 3.28. The molecule has 2 nitrogen and oxygen atoms in total. The third kappa shape index (κ3) is 3.97. The van der Waals surface area contributed by atoms with E-state index in [9.17, 15) is 0 Å². The van der Waals surface area contributed by atoms with E-state index >= 15 is 0 Å². The summed E-state index contributed by atoms with van der Waals surface area (Å²) in [6, 6.07) is 6.85. The molecule has 0 amide bonds. The van der Waals surface area contributed by atoms with Crippen molar-refractivity contribution < 1.29 is 0 Å². The molecule has 0 bridgehead atoms. The Hall–Kier alpha value is -0.0900. The van der Waals surface area contributed by atoms with E-state index < -0.39 is 0 Å². The third-order valence-corrected chi connectivity index (χ3v) is 5.63. The lowest BCUT2D eigenvalue weighted by atomic mass is 9.83. The van der Waals surface area contributed by atoms with Crippen LogP contribution in [0.1, 0.15) is 38.2 Å². The molecule has 1 aromatic carbocycles. The molecule has 2 N–H and O–H groups in total. The maximum Gasteiger partial charge on any atom is 0.0548 e. The maximum absolute atomic E-state index is 6.07. The highest BCUT2D eigenvalue weighted by Crippen LogP contribution is 2.30. The molecule has 0 radical (unpaired) electrons. The molecule has 0 aromatic heterocycles. The maximum atomic E-state index is 6.07. The summed E-state index contributed by atoms with van der Waals surface area (Å²) in [5, 5.41) is 0.772. The molecule has 0 saturated heterocycles. The smallest absolute Gasteiger partial charge is 0.0548 e. The normalized spacial score (nSPS) is 23.2. The average molecular weight is 360 g/mol. The van der Waals surface area contributed by atoms with Crippen molar-refractivity contribution in [3.05, 3.63) is 33.3 Å². The third-order valence-electron chi connectivity index (χ3n) is 4.42. The lowest BCUT2D eigenvalue weighted by Crippen LogP contribution is -2.44. The van der Waals surface area contributed by atoms with Crippen LogP contribution >= 0.6 is 27.5 Å². The van der Waals surface area contributed by atoms with Crippen LogP contribution in [0.3, 0.4) is 0 Å². The van der Waals surface area contributed by atoms with Crippen LogP contribution in [-0.2, 0) is 6.54 Å². The van der Waals surface area contributed by atoms with Crippen LogP contribution in [0.5, 0.6) is 0 Å². The molecule has 2 atom stereocenters. The van der Waals surface area contributed by atoms with Gasteiger partial charge >= 0.3 is 0 Å². The Balaban J connectivity index is 2.09. The second kappa shape index (κ2) is 7.79. The van der Waals surface area contributed by atoms with E-state index in [0.29, 0.717) is 12.0 Å². The molecule has 1 saturated carbocycles. The lowest BCUT2D eigenvalue weighted by molar-refractivity contribution is 0.105. The summed E-state index contributed by atoms with van der Waals surface area (Å²) in [6.45, 7) is 5.10. The monoisotopic (exact) mass is 358 g/mol.